The van der Waals surface area contributed by atoms with Gasteiger partial charge in [-0.1, -0.05) is 24.3 Å². The van der Waals surface area contributed by atoms with Crippen LogP contribution in [0, 0.1) is 0 Å². The number of hydrogen-bond donors (Lipinski definition) is 3. The van der Waals surface area contributed by atoms with E-state index in [0.717, 1.165) is 30.6 Å². The highest BCUT2D eigenvalue weighted by atomic mass is 16.5. The Morgan fingerprint density at radius 3 is 2.50 bits per heavy atom. The van der Waals surface area contributed by atoms with Gasteiger partial charge in [-0.25, -0.2) is 4.79 Å². The third-order valence-electron chi connectivity index (χ3n) is 4.73. The fourth-order valence-electron chi connectivity index (χ4n) is 3.31. The molecule has 3 amide bonds. The number of carbonyl (C=O) groups is 2. The number of carbonyl (C=O) groups excluding carboxylic acids is 2. The van der Waals surface area contributed by atoms with Crippen molar-refractivity contribution in [3.63, 3.8) is 0 Å². The van der Waals surface area contributed by atoms with Gasteiger partial charge in [-0.05, 0) is 54.7 Å². The minimum atomic E-state index is -0.298. The topological polar surface area (TPSA) is 88.7 Å². The number of urea groups is 1. The molecule has 160 valence electrons. The van der Waals surface area contributed by atoms with E-state index in [0.29, 0.717) is 31.1 Å². The first kappa shape index (κ1) is 21.8. The number of anilines is 2. The van der Waals surface area contributed by atoms with E-state index in [1.165, 1.54) is 13.3 Å². The molecule has 3 N–H and O–H groups in total. The first-order chi connectivity index (χ1) is 14.6. The molecule has 1 atom stereocenters. The number of ether oxygens (including phenoxy) is 2. The van der Waals surface area contributed by atoms with Crippen LogP contribution in [0.4, 0.5) is 16.2 Å². The second-order valence-electron chi connectivity index (χ2n) is 7.39. The fraction of sp³-hybridized carbons (Fsp3) is 0.391. The van der Waals surface area contributed by atoms with Gasteiger partial charge in [0.1, 0.15) is 0 Å². The van der Waals surface area contributed by atoms with Crippen LogP contribution in [0.3, 0.4) is 0 Å². The average Bonchev–Trinajstić information content (AvgIpc) is 2.73. The minimum Gasteiger partial charge on any atom is -0.376 e. The Morgan fingerprint density at radius 1 is 1.03 bits per heavy atom. The van der Waals surface area contributed by atoms with Gasteiger partial charge in [-0.2, -0.15) is 0 Å². The largest absolute Gasteiger partial charge is 0.376 e. The summed E-state index contributed by atoms with van der Waals surface area (Å²) in [4.78, 5) is 23.4. The zero-order chi connectivity index (χ0) is 21.2. The monoisotopic (exact) mass is 411 g/mol. The van der Waals surface area contributed by atoms with E-state index < -0.39 is 0 Å². The predicted octanol–water partition coefficient (Wildman–Crippen LogP) is 4.05. The van der Waals surface area contributed by atoms with Crippen molar-refractivity contribution in [2.75, 3.05) is 23.8 Å². The molecule has 0 aromatic heterocycles. The van der Waals surface area contributed by atoms with Crippen LogP contribution in [0.15, 0.2) is 48.5 Å². The minimum absolute atomic E-state index is 0.131. The van der Waals surface area contributed by atoms with Crippen molar-refractivity contribution >= 4 is 23.3 Å². The molecule has 1 aliphatic heterocycles. The Bertz CT molecular complexity index is 850. The highest BCUT2D eigenvalue weighted by molar-refractivity contribution is 5.89. The first-order valence-corrected chi connectivity index (χ1v) is 10.3. The quantitative estimate of drug-likeness (QED) is 0.611. The third-order valence-corrected chi connectivity index (χ3v) is 4.73. The van der Waals surface area contributed by atoms with E-state index in [9.17, 15) is 9.59 Å². The summed E-state index contributed by atoms with van der Waals surface area (Å²) < 4.78 is 11.5. The molecule has 1 fully saturated rings. The Kier molecular flexibility index (Phi) is 8.23. The third kappa shape index (κ3) is 7.50. The van der Waals surface area contributed by atoms with Crippen molar-refractivity contribution < 1.29 is 19.1 Å². The average molecular weight is 412 g/mol. The molecule has 1 aliphatic rings. The maximum atomic E-state index is 12.2. The van der Waals surface area contributed by atoms with Crippen molar-refractivity contribution in [2.45, 2.75) is 45.4 Å². The zero-order valence-electron chi connectivity index (χ0n) is 17.3. The SMILES string of the molecule is CC(=O)Nc1cccc(CNC(=O)Nc2cccc(COCC3CCCCO3)c2)c1. The summed E-state index contributed by atoms with van der Waals surface area (Å²) in [5.74, 6) is -0.131. The van der Waals surface area contributed by atoms with Crippen LogP contribution in [0.5, 0.6) is 0 Å². The van der Waals surface area contributed by atoms with Gasteiger partial charge < -0.3 is 25.4 Å². The molecule has 7 nitrogen and oxygen atoms in total. The second-order valence-corrected chi connectivity index (χ2v) is 7.39. The zero-order valence-corrected chi connectivity index (χ0v) is 17.3. The molecule has 2 aromatic carbocycles. The van der Waals surface area contributed by atoms with Crippen LogP contribution in [0.1, 0.15) is 37.3 Å². The van der Waals surface area contributed by atoms with Gasteiger partial charge in [0.05, 0.1) is 19.3 Å². The molecule has 30 heavy (non-hydrogen) atoms. The molecule has 0 aliphatic carbocycles. The van der Waals surface area contributed by atoms with E-state index >= 15 is 0 Å². The lowest BCUT2D eigenvalue weighted by atomic mass is 10.1. The Morgan fingerprint density at radius 2 is 1.77 bits per heavy atom. The van der Waals surface area contributed by atoms with Crippen LogP contribution in [0.25, 0.3) is 0 Å². The van der Waals surface area contributed by atoms with Gasteiger partial charge in [0.25, 0.3) is 0 Å². The van der Waals surface area contributed by atoms with Gasteiger partial charge in [0.15, 0.2) is 0 Å². The summed E-state index contributed by atoms with van der Waals surface area (Å²) in [7, 11) is 0. The van der Waals surface area contributed by atoms with Crippen LogP contribution >= 0.6 is 0 Å². The molecule has 1 heterocycles. The molecule has 0 spiro atoms. The molecule has 1 unspecified atom stereocenters. The lowest BCUT2D eigenvalue weighted by Crippen LogP contribution is -2.28. The Hall–Kier alpha value is -2.90. The second kappa shape index (κ2) is 11.3. The van der Waals surface area contributed by atoms with Gasteiger partial charge in [0.2, 0.25) is 5.91 Å². The van der Waals surface area contributed by atoms with E-state index in [1.54, 1.807) is 6.07 Å². The molecule has 1 saturated heterocycles. The molecular formula is C23H29N3O4. The number of amides is 3. The molecule has 2 aromatic rings. The summed E-state index contributed by atoms with van der Waals surface area (Å²) in [5.41, 5.74) is 3.29. The van der Waals surface area contributed by atoms with Crippen LogP contribution < -0.4 is 16.0 Å². The highest BCUT2D eigenvalue weighted by Gasteiger charge is 2.13. The van der Waals surface area contributed by atoms with Gasteiger partial charge in [-0.15, -0.1) is 0 Å². The van der Waals surface area contributed by atoms with E-state index in [4.69, 9.17) is 9.47 Å². The van der Waals surface area contributed by atoms with Crippen molar-refractivity contribution in [1.82, 2.24) is 5.32 Å². The predicted molar refractivity (Wildman–Crippen MR) is 116 cm³/mol. The van der Waals surface area contributed by atoms with Crippen molar-refractivity contribution in [2.24, 2.45) is 0 Å². The fourth-order valence-corrected chi connectivity index (χ4v) is 3.31. The normalized spacial score (nSPS) is 16.0. The molecule has 0 radical (unpaired) electrons. The maximum Gasteiger partial charge on any atom is 0.319 e. The van der Waals surface area contributed by atoms with Crippen molar-refractivity contribution in [3.05, 3.63) is 59.7 Å². The maximum absolute atomic E-state index is 12.2. The van der Waals surface area contributed by atoms with Crippen molar-refractivity contribution in [1.29, 1.82) is 0 Å². The van der Waals surface area contributed by atoms with Gasteiger partial charge >= 0.3 is 6.03 Å². The number of benzene rings is 2. The lowest BCUT2D eigenvalue weighted by Gasteiger charge is -2.22. The first-order valence-electron chi connectivity index (χ1n) is 10.3. The highest BCUT2D eigenvalue weighted by Crippen LogP contribution is 2.15. The van der Waals surface area contributed by atoms with E-state index in [2.05, 4.69) is 16.0 Å². The van der Waals surface area contributed by atoms with Crippen molar-refractivity contribution in [3.8, 4) is 0 Å². The van der Waals surface area contributed by atoms with Crippen LogP contribution in [-0.4, -0.2) is 31.3 Å². The smallest absolute Gasteiger partial charge is 0.319 e. The number of rotatable bonds is 8. The van der Waals surface area contributed by atoms with Gasteiger partial charge in [0, 0.05) is 31.5 Å². The number of hydrogen-bond acceptors (Lipinski definition) is 4. The van der Waals surface area contributed by atoms with Crippen LogP contribution in [-0.2, 0) is 27.4 Å². The van der Waals surface area contributed by atoms with E-state index in [1.807, 2.05) is 42.5 Å². The number of nitrogens with one attached hydrogen (secondary N) is 3. The Balaban J connectivity index is 1.43. The summed E-state index contributed by atoms with van der Waals surface area (Å²) in [6.45, 7) is 3.70. The standard InChI is InChI=1S/C23H29N3O4/c1-17(27)25-20-8-4-6-18(12-20)14-24-23(28)26-21-9-5-7-19(13-21)15-29-16-22-10-2-3-11-30-22/h4-9,12-13,22H,2-3,10-11,14-16H2,1H3,(H,25,27)(H2,24,26,28). The summed E-state index contributed by atoms with van der Waals surface area (Å²) >= 11 is 0. The molecule has 3 rings (SSSR count). The molecule has 0 saturated carbocycles. The molecule has 0 bridgehead atoms. The van der Waals surface area contributed by atoms with E-state index in [-0.39, 0.29) is 18.0 Å². The summed E-state index contributed by atoms with van der Waals surface area (Å²) in [5, 5.41) is 8.39. The summed E-state index contributed by atoms with van der Waals surface area (Å²) in [6, 6.07) is 14.7. The van der Waals surface area contributed by atoms with Crippen LogP contribution in [0.2, 0.25) is 0 Å². The molecular weight excluding hydrogens is 382 g/mol. The lowest BCUT2D eigenvalue weighted by molar-refractivity contribution is -0.114. The Labute approximate surface area is 177 Å². The summed E-state index contributed by atoms with van der Waals surface area (Å²) in [6.07, 6.45) is 3.57. The van der Waals surface area contributed by atoms with Gasteiger partial charge in [-0.3, -0.25) is 4.79 Å². The molecule has 7 heteroatoms.